The lowest BCUT2D eigenvalue weighted by Gasteiger charge is -2.38. The van der Waals surface area contributed by atoms with Crippen molar-refractivity contribution in [1.29, 1.82) is 0 Å². The molecule has 0 bridgehead atoms. The molecule has 2 atom stereocenters. The van der Waals surface area contributed by atoms with Gasteiger partial charge in [-0.15, -0.1) is 0 Å². The second kappa shape index (κ2) is 11.9. The van der Waals surface area contributed by atoms with Crippen LogP contribution < -0.4 is 19.7 Å². The van der Waals surface area contributed by atoms with Gasteiger partial charge in [0.15, 0.2) is 5.60 Å². The molecule has 38 heavy (non-hydrogen) atoms. The molecule has 0 radical (unpaired) electrons. The van der Waals surface area contributed by atoms with Gasteiger partial charge in [0.25, 0.3) is 5.91 Å². The molecule has 2 heterocycles. The summed E-state index contributed by atoms with van der Waals surface area (Å²) < 4.78 is 11.6. The zero-order valence-corrected chi connectivity index (χ0v) is 23.3. The Morgan fingerprint density at radius 2 is 1.92 bits per heavy atom. The van der Waals surface area contributed by atoms with Gasteiger partial charge in [0.1, 0.15) is 17.6 Å². The highest BCUT2D eigenvalue weighted by atomic mass is 35.5. The van der Waals surface area contributed by atoms with E-state index >= 15 is 0 Å². The third kappa shape index (κ3) is 5.77. The highest BCUT2D eigenvalue weighted by Gasteiger charge is 2.52. The number of likely N-dealkylation sites (tertiary alicyclic amines) is 1. The number of amides is 2. The van der Waals surface area contributed by atoms with Crippen LogP contribution in [0.5, 0.6) is 11.5 Å². The van der Waals surface area contributed by atoms with Crippen molar-refractivity contribution in [3.05, 3.63) is 53.1 Å². The Morgan fingerprint density at radius 3 is 2.58 bits per heavy atom. The fraction of sp³-hybridized carbons (Fsp3) is 0.517. The monoisotopic (exact) mass is 543 g/mol. The van der Waals surface area contributed by atoms with Crippen LogP contribution in [0.4, 0.5) is 5.69 Å². The maximum absolute atomic E-state index is 13.5. The van der Waals surface area contributed by atoms with E-state index in [4.69, 9.17) is 21.1 Å². The van der Waals surface area contributed by atoms with Gasteiger partial charge in [-0.2, -0.15) is 0 Å². The number of halogens is 1. The molecule has 0 spiro atoms. The third-order valence-electron chi connectivity index (χ3n) is 7.69. The lowest BCUT2D eigenvalue weighted by molar-refractivity contribution is -0.142. The molecule has 2 aliphatic rings. The molecule has 2 aromatic carbocycles. The van der Waals surface area contributed by atoms with E-state index in [-0.39, 0.29) is 24.5 Å². The first-order valence-corrected chi connectivity index (χ1v) is 13.6. The minimum Gasteiger partial charge on any atom is -0.497 e. The highest BCUT2D eigenvalue weighted by Crippen LogP contribution is 2.44. The molecule has 206 valence electrons. The average molecular weight is 544 g/mol. The maximum Gasteiger partial charge on any atom is 0.264 e. The van der Waals surface area contributed by atoms with Gasteiger partial charge in [-0.1, -0.05) is 43.6 Å². The number of hydrogen-bond donors (Lipinski definition) is 2. The quantitative estimate of drug-likeness (QED) is 0.471. The Bertz CT molecular complexity index is 1150. The van der Waals surface area contributed by atoms with E-state index in [1.165, 1.54) is 7.05 Å². The molecule has 9 heteroatoms. The van der Waals surface area contributed by atoms with Gasteiger partial charge in [0.05, 0.1) is 24.2 Å². The molecule has 1 saturated heterocycles. The van der Waals surface area contributed by atoms with Gasteiger partial charge < -0.3 is 29.7 Å². The van der Waals surface area contributed by atoms with Crippen molar-refractivity contribution < 1.29 is 24.2 Å². The van der Waals surface area contributed by atoms with Gasteiger partial charge in [-0.25, -0.2) is 0 Å². The summed E-state index contributed by atoms with van der Waals surface area (Å²) in [5, 5.41) is 14.4. The average Bonchev–Trinajstić information content (AvgIpc) is 3.13. The van der Waals surface area contributed by atoms with Crippen LogP contribution in [-0.2, 0) is 15.2 Å². The summed E-state index contributed by atoms with van der Waals surface area (Å²) in [7, 11) is 3.12. The lowest BCUT2D eigenvalue weighted by Crippen LogP contribution is -2.51. The number of aliphatic hydroxyl groups is 1. The SMILES string of the molecule is CNC(=O)CC1(O)C(=O)N(C2CCN(CCC(Oc3cc(OC)ccc3Cl)C(C)C)CC2)c2ccccc21. The van der Waals surface area contributed by atoms with Gasteiger partial charge in [-0.05, 0) is 43.4 Å². The maximum atomic E-state index is 13.5. The van der Waals surface area contributed by atoms with Crippen molar-refractivity contribution in [1.82, 2.24) is 10.2 Å². The minimum atomic E-state index is -1.84. The standard InChI is InChI=1S/C29H38ClN3O5/c1-19(2)25(38-26-17-21(37-4)9-10-23(26)30)13-16-32-14-11-20(12-15-32)33-24-8-6-5-7-22(24)29(36,28(33)35)18-27(34)31-3/h5-10,17,19-20,25,36H,11-16,18H2,1-4H3,(H,31,34). The number of benzene rings is 2. The van der Waals surface area contributed by atoms with E-state index in [0.29, 0.717) is 33.7 Å². The first-order chi connectivity index (χ1) is 18.2. The number of piperidine rings is 1. The smallest absolute Gasteiger partial charge is 0.264 e. The van der Waals surface area contributed by atoms with Crippen LogP contribution in [0.25, 0.3) is 0 Å². The largest absolute Gasteiger partial charge is 0.497 e. The Hall–Kier alpha value is -2.81. The van der Waals surface area contributed by atoms with E-state index in [9.17, 15) is 14.7 Å². The molecule has 0 aromatic heterocycles. The van der Waals surface area contributed by atoms with E-state index in [1.807, 2.05) is 24.3 Å². The first kappa shape index (κ1) is 28.2. The van der Waals surface area contributed by atoms with E-state index in [1.54, 1.807) is 30.2 Å². The van der Waals surface area contributed by atoms with Gasteiger partial charge in [0.2, 0.25) is 5.91 Å². The Labute approximate surface area is 229 Å². The fourth-order valence-corrected chi connectivity index (χ4v) is 5.58. The van der Waals surface area contributed by atoms with Gasteiger partial charge in [0, 0.05) is 44.4 Å². The second-order valence-corrected chi connectivity index (χ2v) is 10.9. The lowest BCUT2D eigenvalue weighted by atomic mass is 9.91. The van der Waals surface area contributed by atoms with Crippen LogP contribution in [0, 0.1) is 5.92 Å². The normalized spacial score (nSPS) is 20.9. The Morgan fingerprint density at radius 1 is 1.21 bits per heavy atom. The molecule has 0 saturated carbocycles. The second-order valence-electron chi connectivity index (χ2n) is 10.5. The number of para-hydroxylation sites is 1. The predicted octanol–water partition coefficient (Wildman–Crippen LogP) is 3.98. The topological polar surface area (TPSA) is 91.3 Å². The molecule has 4 rings (SSSR count). The summed E-state index contributed by atoms with van der Waals surface area (Å²) in [6, 6.07) is 12.6. The summed E-state index contributed by atoms with van der Waals surface area (Å²) in [5.41, 5.74) is -0.633. The van der Waals surface area contributed by atoms with Crippen LogP contribution in [-0.4, -0.2) is 67.8 Å². The number of hydrogen-bond acceptors (Lipinski definition) is 6. The number of carbonyl (C=O) groups is 2. The van der Waals surface area contributed by atoms with Crippen LogP contribution in [0.15, 0.2) is 42.5 Å². The molecular weight excluding hydrogens is 506 g/mol. The van der Waals surface area contributed by atoms with Crippen LogP contribution in [0.2, 0.25) is 5.02 Å². The molecule has 2 aromatic rings. The number of ether oxygens (including phenoxy) is 2. The van der Waals surface area contributed by atoms with Gasteiger partial charge in [-0.3, -0.25) is 9.59 Å². The number of nitrogens with zero attached hydrogens (tertiary/aromatic N) is 2. The first-order valence-electron chi connectivity index (χ1n) is 13.3. The molecular formula is C29H38ClN3O5. The summed E-state index contributed by atoms with van der Waals surface area (Å²) in [5.74, 6) is 0.841. The fourth-order valence-electron chi connectivity index (χ4n) is 5.41. The van der Waals surface area contributed by atoms with E-state index < -0.39 is 11.5 Å². The summed E-state index contributed by atoms with van der Waals surface area (Å²) >= 11 is 6.37. The van der Waals surface area contributed by atoms with Gasteiger partial charge >= 0.3 is 0 Å². The van der Waals surface area contributed by atoms with E-state index in [2.05, 4.69) is 24.1 Å². The molecule has 2 N–H and O–H groups in total. The van der Waals surface area contributed by atoms with Crippen LogP contribution in [0.3, 0.4) is 0 Å². The molecule has 1 fully saturated rings. The number of fused-ring (bicyclic) bond motifs is 1. The molecule has 2 unspecified atom stereocenters. The van der Waals surface area contributed by atoms with Crippen molar-refractivity contribution in [2.75, 3.05) is 38.7 Å². The number of methoxy groups -OCH3 is 1. The van der Waals surface area contributed by atoms with E-state index in [0.717, 1.165) is 38.9 Å². The van der Waals surface area contributed by atoms with Crippen molar-refractivity contribution in [2.24, 2.45) is 5.92 Å². The minimum absolute atomic E-state index is 0.0101. The zero-order valence-electron chi connectivity index (χ0n) is 22.6. The zero-order chi connectivity index (χ0) is 27.4. The summed E-state index contributed by atoms with van der Waals surface area (Å²) in [4.78, 5) is 29.7. The number of rotatable bonds is 10. The molecule has 0 aliphatic carbocycles. The summed E-state index contributed by atoms with van der Waals surface area (Å²) in [6.07, 6.45) is 2.11. The number of nitrogens with one attached hydrogen (secondary N) is 1. The Balaban J connectivity index is 1.38. The van der Waals surface area contributed by atoms with Crippen LogP contribution in [0.1, 0.15) is 45.1 Å². The highest BCUT2D eigenvalue weighted by molar-refractivity contribution is 6.32. The molecule has 8 nitrogen and oxygen atoms in total. The van der Waals surface area contributed by atoms with Crippen molar-refractivity contribution in [3.63, 3.8) is 0 Å². The number of carbonyl (C=O) groups excluding carboxylic acids is 2. The van der Waals surface area contributed by atoms with Crippen molar-refractivity contribution >= 4 is 29.1 Å². The predicted molar refractivity (Wildman–Crippen MR) is 148 cm³/mol. The summed E-state index contributed by atoms with van der Waals surface area (Å²) in [6.45, 7) is 6.80. The molecule has 2 amide bonds. The third-order valence-corrected chi connectivity index (χ3v) is 8.00. The number of anilines is 1. The Kier molecular flexibility index (Phi) is 8.85. The molecule has 2 aliphatic heterocycles. The van der Waals surface area contributed by atoms with Crippen molar-refractivity contribution in [3.8, 4) is 11.5 Å². The van der Waals surface area contributed by atoms with Crippen LogP contribution >= 0.6 is 11.6 Å². The van der Waals surface area contributed by atoms with Crippen molar-refractivity contribution in [2.45, 2.75) is 57.3 Å².